The van der Waals surface area contributed by atoms with Crippen LogP contribution in [-0.2, 0) is 36.1 Å². The maximum Gasteiger partial charge on any atom is 0.416 e. The Morgan fingerprint density at radius 1 is 0.797 bits per heavy atom. The third-order valence-corrected chi connectivity index (χ3v) is 22.6. The van der Waals surface area contributed by atoms with Gasteiger partial charge in [0.25, 0.3) is 8.32 Å². The Morgan fingerprint density at radius 3 is 1.91 bits per heavy atom. The number of rotatable bonds is 22. The molecule has 1 N–H and O–H groups in total. The smallest absolute Gasteiger partial charge is 0.416 e. The van der Waals surface area contributed by atoms with Crippen molar-refractivity contribution in [1.82, 2.24) is 4.90 Å². The summed E-state index contributed by atoms with van der Waals surface area (Å²) in [5, 5.41) is 14.5. The van der Waals surface area contributed by atoms with Crippen LogP contribution < -0.4 is 15.1 Å². The Kier molecular flexibility index (Phi) is 18.0. The van der Waals surface area contributed by atoms with Crippen molar-refractivity contribution in [2.75, 3.05) is 20.3 Å². The lowest BCUT2D eigenvalue weighted by Gasteiger charge is -2.45. The quantitative estimate of drug-likeness (QED) is 0.0614. The van der Waals surface area contributed by atoms with E-state index in [1.165, 1.54) is 15.3 Å². The summed E-state index contributed by atoms with van der Waals surface area (Å²) in [6, 6.07) is 38.1. The van der Waals surface area contributed by atoms with Crippen molar-refractivity contribution in [3.63, 3.8) is 0 Å². The van der Waals surface area contributed by atoms with Gasteiger partial charge >= 0.3 is 6.09 Å². The molecule has 2 amide bonds. The monoisotopic (exact) mass is 907 g/mol. The fraction of sp³-hybridized carbons (Fsp3) is 0.472. The predicted octanol–water partition coefficient (Wildman–Crippen LogP) is 10.3. The molecule has 4 aromatic rings. The molecule has 0 spiro atoms. The number of hydrogen-bond donors (Lipinski definition) is 1. The van der Waals surface area contributed by atoms with Crippen molar-refractivity contribution in [2.45, 2.75) is 135 Å². The first-order valence-corrected chi connectivity index (χ1v) is 27.7. The van der Waals surface area contributed by atoms with Crippen LogP contribution in [0.4, 0.5) is 4.79 Å². The molecule has 0 aromatic heterocycles. The summed E-state index contributed by atoms with van der Waals surface area (Å²) in [7, 11) is -3.77. The van der Waals surface area contributed by atoms with Crippen molar-refractivity contribution < 1.29 is 37.8 Å². The second kappa shape index (κ2) is 22.7. The van der Waals surface area contributed by atoms with Crippen LogP contribution >= 0.6 is 0 Å². The van der Waals surface area contributed by atoms with E-state index in [0.29, 0.717) is 25.9 Å². The zero-order valence-corrected chi connectivity index (χ0v) is 41.9. The van der Waals surface area contributed by atoms with Gasteiger partial charge in [-0.2, -0.15) is 0 Å². The van der Waals surface area contributed by atoms with Crippen LogP contribution in [0.5, 0.6) is 5.75 Å². The number of nitrogens with zero attached hydrogens (tertiary/aromatic N) is 1. The lowest BCUT2D eigenvalue weighted by atomic mass is 9.89. The summed E-state index contributed by atoms with van der Waals surface area (Å²) >= 11 is 0. The molecular weight excluding hydrogens is 835 g/mol. The SMILES string of the molecule is C/C=C/C[C@H](CC[C@H](O)[C@@H](C[C@H](COCc1ccc(OC)cc1)O[Si](C)(C)C(C)(C)C)C(=O)N1C(=O)OC[C@H]1Cc1ccccc1)O[Si](c1ccccc1)(c1ccccc1)C(C)(C)C. The van der Waals surface area contributed by atoms with Crippen molar-refractivity contribution >= 4 is 39.0 Å². The van der Waals surface area contributed by atoms with E-state index in [-0.39, 0.29) is 42.2 Å². The molecule has 1 aliphatic heterocycles. The number of aliphatic hydroxyl groups excluding tert-OH is 1. The molecule has 5 atom stereocenters. The highest BCUT2D eigenvalue weighted by molar-refractivity contribution is 6.99. The molecule has 11 heteroatoms. The average Bonchev–Trinajstić information content (AvgIpc) is 3.63. The average molecular weight is 908 g/mol. The largest absolute Gasteiger partial charge is 0.497 e. The van der Waals surface area contributed by atoms with Gasteiger partial charge in [0.2, 0.25) is 5.91 Å². The fourth-order valence-electron chi connectivity index (χ4n) is 8.44. The number of cyclic esters (lactones) is 1. The summed E-state index contributed by atoms with van der Waals surface area (Å²) in [4.78, 5) is 30.0. The molecular formula is C53H73NO8Si2. The molecule has 346 valence electrons. The number of carbonyl (C=O) groups is 2. The van der Waals surface area contributed by atoms with Gasteiger partial charge < -0.3 is 28.2 Å². The number of methoxy groups -OCH3 is 1. The van der Waals surface area contributed by atoms with Crippen molar-refractivity contribution in [1.29, 1.82) is 0 Å². The van der Waals surface area contributed by atoms with Crippen LogP contribution in [0.15, 0.2) is 127 Å². The van der Waals surface area contributed by atoms with Crippen molar-refractivity contribution in [3.05, 3.63) is 139 Å². The number of benzene rings is 4. The Bertz CT molecular complexity index is 2030. The third-order valence-electron chi connectivity index (χ3n) is 13.0. The van der Waals surface area contributed by atoms with Crippen molar-refractivity contribution in [3.8, 4) is 5.75 Å². The molecule has 0 saturated carbocycles. The highest BCUT2D eigenvalue weighted by Crippen LogP contribution is 2.40. The maximum absolute atomic E-state index is 15.1. The van der Waals surface area contributed by atoms with Gasteiger partial charge in [-0.25, -0.2) is 9.69 Å². The van der Waals surface area contributed by atoms with E-state index in [9.17, 15) is 9.90 Å². The van der Waals surface area contributed by atoms with E-state index in [0.717, 1.165) is 16.9 Å². The van der Waals surface area contributed by atoms with Gasteiger partial charge in [-0.3, -0.25) is 4.79 Å². The van der Waals surface area contributed by atoms with Crippen LogP contribution in [0, 0.1) is 5.92 Å². The Labute approximate surface area is 385 Å². The summed E-state index contributed by atoms with van der Waals surface area (Å²) in [6.45, 7) is 20.3. The van der Waals surface area contributed by atoms with Crippen LogP contribution in [-0.4, -0.2) is 83.3 Å². The minimum atomic E-state index is -2.97. The number of imide groups is 1. The van der Waals surface area contributed by atoms with E-state index in [2.05, 4.69) is 109 Å². The van der Waals surface area contributed by atoms with Crippen LogP contribution in [0.3, 0.4) is 0 Å². The Hall–Kier alpha value is -4.37. The lowest BCUT2D eigenvalue weighted by Crippen LogP contribution is -2.67. The van der Waals surface area contributed by atoms with E-state index in [1.54, 1.807) is 7.11 Å². The molecule has 64 heavy (non-hydrogen) atoms. The molecule has 0 aliphatic carbocycles. The molecule has 1 heterocycles. The van der Waals surface area contributed by atoms with Crippen LogP contribution in [0.1, 0.15) is 85.3 Å². The normalized spacial score (nSPS) is 17.0. The van der Waals surface area contributed by atoms with Gasteiger partial charge in [-0.05, 0) is 95.8 Å². The Morgan fingerprint density at radius 2 is 1.38 bits per heavy atom. The van der Waals surface area contributed by atoms with E-state index < -0.39 is 52.8 Å². The molecule has 5 rings (SSSR count). The molecule has 1 fully saturated rings. The number of allylic oxidation sites excluding steroid dienone is 1. The molecule has 0 bridgehead atoms. The minimum absolute atomic E-state index is 0.0783. The van der Waals surface area contributed by atoms with Gasteiger partial charge in [-0.15, -0.1) is 0 Å². The van der Waals surface area contributed by atoms with Crippen molar-refractivity contribution in [2.24, 2.45) is 5.92 Å². The number of hydrogen-bond acceptors (Lipinski definition) is 8. The lowest BCUT2D eigenvalue weighted by molar-refractivity contribution is -0.139. The van der Waals surface area contributed by atoms with E-state index >= 15 is 4.79 Å². The van der Waals surface area contributed by atoms with E-state index in [1.807, 2.05) is 79.7 Å². The summed E-state index contributed by atoms with van der Waals surface area (Å²) in [5.41, 5.74) is 1.95. The third kappa shape index (κ3) is 12.9. The molecule has 4 aromatic carbocycles. The zero-order chi connectivity index (χ0) is 46.5. The van der Waals surface area contributed by atoms with Gasteiger partial charge in [0, 0.05) is 6.10 Å². The standard InChI is InChI=1S/C53H73NO8Si2/c1-11-12-24-44(62-64(53(5,6)7,46-25-18-14-19-26-46)47-27-20-15-21-28-47)33-34-49(55)48(50(56)54-42(38-60-51(54)57)35-40-22-16-13-17-23-40)36-45(61-63(9,10)52(2,3)4)39-59-37-41-29-31-43(58-8)32-30-41/h11-23,25-32,42,44-45,48-49,55H,24,33-39H2,1-10H3/b12-11+/t42-,44-,45-,48-,49+/m1/s1. The second-order valence-corrected chi connectivity index (χ2v) is 28.7. The summed E-state index contributed by atoms with van der Waals surface area (Å²) in [6.07, 6.45) is 3.41. The molecule has 1 saturated heterocycles. The number of amides is 2. The Balaban J connectivity index is 1.50. The molecule has 9 nitrogen and oxygen atoms in total. The van der Waals surface area contributed by atoms with Crippen LogP contribution in [0.25, 0.3) is 0 Å². The minimum Gasteiger partial charge on any atom is -0.497 e. The highest BCUT2D eigenvalue weighted by atomic mass is 28.4. The molecule has 0 unspecified atom stereocenters. The molecule has 0 radical (unpaired) electrons. The predicted molar refractivity (Wildman–Crippen MR) is 262 cm³/mol. The number of ether oxygens (including phenoxy) is 3. The highest BCUT2D eigenvalue weighted by Gasteiger charge is 2.52. The number of carbonyl (C=O) groups excluding carboxylic acids is 2. The van der Waals surface area contributed by atoms with Gasteiger partial charge in [0.15, 0.2) is 8.32 Å². The van der Waals surface area contributed by atoms with Crippen LogP contribution in [0.2, 0.25) is 23.2 Å². The first kappa shape index (κ1) is 50.6. The molecule has 1 aliphatic rings. The topological polar surface area (TPSA) is 104 Å². The van der Waals surface area contributed by atoms with Gasteiger partial charge in [0.1, 0.15) is 12.4 Å². The second-order valence-electron chi connectivity index (χ2n) is 19.7. The fourth-order valence-corrected chi connectivity index (χ4v) is 14.5. The summed E-state index contributed by atoms with van der Waals surface area (Å²) in [5.74, 6) is -0.708. The first-order chi connectivity index (χ1) is 30.4. The summed E-state index contributed by atoms with van der Waals surface area (Å²) < 4.78 is 32.0. The van der Waals surface area contributed by atoms with E-state index in [4.69, 9.17) is 23.1 Å². The number of aliphatic hydroxyl groups is 1. The van der Waals surface area contributed by atoms with Gasteiger partial charge in [0.05, 0.1) is 44.5 Å². The zero-order valence-electron chi connectivity index (χ0n) is 39.9. The maximum atomic E-state index is 15.1. The van der Waals surface area contributed by atoms with Gasteiger partial charge in [-0.1, -0.05) is 157 Å². The first-order valence-electron chi connectivity index (χ1n) is 22.9.